The molecule has 0 spiro atoms. The Hall–Kier alpha value is -2.08. The van der Waals surface area contributed by atoms with Crippen molar-refractivity contribution >= 4 is 29.5 Å². The first-order valence-electron chi connectivity index (χ1n) is 6.53. The Morgan fingerprint density at radius 2 is 2.05 bits per heavy atom. The number of rotatable bonds is 6. The molecular formula is C14H17ClN2O4. The Balaban J connectivity index is 2.32. The Bertz CT molecular complexity index is 519. The van der Waals surface area contributed by atoms with Gasteiger partial charge in [-0.2, -0.15) is 0 Å². The van der Waals surface area contributed by atoms with Crippen molar-refractivity contribution in [3.63, 3.8) is 0 Å². The fourth-order valence-electron chi connectivity index (χ4n) is 1.42. The molecule has 6 nitrogen and oxygen atoms in total. The summed E-state index contributed by atoms with van der Waals surface area (Å²) in [6.07, 6.45) is 1.76. The first-order chi connectivity index (χ1) is 10.0. The van der Waals surface area contributed by atoms with Crippen molar-refractivity contribution in [2.75, 3.05) is 13.2 Å². The second-order valence-electron chi connectivity index (χ2n) is 4.24. The van der Waals surface area contributed by atoms with Gasteiger partial charge in [0.1, 0.15) is 0 Å². The van der Waals surface area contributed by atoms with Gasteiger partial charge in [-0.15, -0.1) is 0 Å². The molecule has 1 aromatic rings. The van der Waals surface area contributed by atoms with Crippen LogP contribution in [0, 0.1) is 0 Å². The average Bonchev–Trinajstić information content (AvgIpc) is 2.45. The average molecular weight is 313 g/mol. The molecule has 0 bridgehead atoms. The summed E-state index contributed by atoms with van der Waals surface area (Å²) in [4.78, 5) is 34.3. The minimum atomic E-state index is -0.695. The molecule has 114 valence electrons. The number of carbonyl (C=O) groups is 3. The van der Waals surface area contributed by atoms with Crippen LogP contribution in [0.15, 0.2) is 24.3 Å². The Labute approximate surface area is 127 Å². The molecule has 0 aromatic heterocycles. The fraction of sp³-hybridized carbons (Fsp3) is 0.357. The van der Waals surface area contributed by atoms with Gasteiger partial charge in [0.2, 0.25) is 0 Å². The molecule has 2 N–H and O–H groups in total. The summed E-state index contributed by atoms with van der Waals surface area (Å²) in [6, 6.07) is 5.56. The summed E-state index contributed by atoms with van der Waals surface area (Å²) < 4.78 is 4.78. The number of amides is 3. The van der Waals surface area contributed by atoms with Crippen molar-refractivity contribution in [2.24, 2.45) is 0 Å². The highest BCUT2D eigenvalue weighted by Crippen LogP contribution is 2.11. The Morgan fingerprint density at radius 1 is 1.29 bits per heavy atom. The summed E-state index contributed by atoms with van der Waals surface area (Å²) in [5, 5.41) is 4.97. The molecule has 3 amide bonds. The zero-order valence-electron chi connectivity index (χ0n) is 11.6. The van der Waals surface area contributed by atoms with Crippen molar-refractivity contribution in [2.45, 2.75) is 19.8 Å². The minimum Gasteiger partial charge on any atom is -0.452 e. The van der Waals surface area contributed by atoms with E-state index < -0.39 is 24.5 Å². The summed E-state index contributed by atoms with van der Waals surface area (Å²) in [6.45, 7) is 1.94. The summed E-state index contributed by atoms with van der Waals surface area (Å²) >= 11 is 5.74. The topological polar surface area (TPSA) is 84.5 Å². The van der Waals surface area contributed by atoms with Gasteiger partial charge < -0.3 is 10.1 Å². The summed E-state index contributed by atoms with van der Waals surface area (Å²) in [5.74, 6) is -1.38. The van der Waals surface area contributed by atoms with E-state index in [1.807, 2.05) is 6.92 Å². The molecule has 1 rings (SSSR count). The van der Waals surface area contributed by atoms with Crippen LogP contribution in [-0.2, 0) is 9.53 Å². The van der Waals surface area contributed by atoms with E-state index >= 15 is 0 Å². The van der Waals surface area contributed by atoms with E-state index in [0.29, 0.717) is 11.6 Å². The summed E-state index contributed by atoms with van der Waals surface area (Å²) in [5.41, 5.74) is 0.239. The van der Waals surface area contributed by atoms with E-state index in [0.717, 1.165) is 12.8 Å². The SMILES string of the molecule is CCCCNC(=O)NC(=O)COC(=O)c1cccc(Cl)c1. The largest absolute Gasteiger partial charge is 0.452 e. The molecule has 0 saturated carbocycles. The quantitative estimate of drug-likeness (QED) is 0.622. The van der Waals surface area contributed by atoms with Crippen LogP contribution in [-0.4, -0.2) is 31.1 Å². The van der Waals surface area contributed by atoms with Gasteiger partial charge in [0.15, 0.2) is 6.61 Å². The Kier molecular flexibility index (Phi) is 7.25. The van der Waals surface area contributed by atoms with Crippen LogP contribution in [0.5, 0.6) is 0 Å². The standard InChI is InChI=1S/C14H17ClN2O4/c1-2-3-7-16-14(20)17-12(18)9-21-13(19)10-5-4-6-11(15)8-10/h4-6,8H,2-3,7,9H2,1H3,(H2,16,17,18,20). The third kappa shape index (κ3) is 6.76. The van der Waals surface area contributed by atoms with Gasteiger partial charge in [0.25, 0.3) is 5.91 Å². The van der Waals surface area contributed by atoms with Gasteiger partial charge in [0.05, 0.1) is 5.56 Å². The molecule has 0 aliphatic rings. The molecule has 0 aliphatic carbocycles. The number of ether oxygens (including phenoxy) is 1. The van der Waals surface area contributed by atoms with Crippen molar-refractivity contribution < 1.29 is 19.1 Å². The molecule has 0 aliphatic heterocycles. The number of esters is 1. The van der Waals surface area contributed by atoms with Crippen LogP contribution in [0.3, 0.4) is 0 Å². The van der Waals surface area contributed by atoms with Crippen LogP contribution in [0.1, 0.15) is 30.1 Å². The maximum Gasteiger partial charge on any atom is 0.338 e. The highest BCUT2D eigenvalue weighted by molar-refractivity contribution is 6.30. The third-order valence-electron chi connectivity index (χ3n) is 2.46. The van der Waals surface area contributed by atoms with E-state index in [1.165, 1.54) is 12.1 Å². The number of imide groups is 1. The van der Waals surface area contributed by atoms with Gasteiger partial charge in [-0.05, 0) is 24.6 Å². The fourth-order valence-corrected chi connectivity index (χ4v) is 1.61. The lowest BCUT2D eigenvalue weighted by molar-refractivity contribution is -0.123. The van der Waals surface area contributed by atoms with Crippen LogP contribution in [0.4, 0.5) is 4.79 Å². The van der Waals surface area contributed by atoms with Crippen molar-refractivity contribution in [3.05, 3.63) is 34.9 Å². The van der Waals surface area contributed by atoms with Gasteiger partial charge in [-0.25, -0.2) is 9.59 Å². The van der Waals surface area contributed by atoms with E-state index in [4.69, 9.17) is 16.3 Å². The monoisotopic (exact) mass is 312 g/mol. The van der Waals surface area contributed by atoms with Gasteiger partial charge >= 0.3 is 12.0 Å². The van der Waals surface area contributed by atoms with Crippen molar-refractivity contribution in [1.82, 2.24) is 10.6 Å². The smallest absolute Gasteiger partial charge is 0.338 e. The van der Waals surface area contributed by atoms with E-state index in [1.54, 1.807) is 12.1 Å². The number of halogens is 1. The second kappa shape index (κ2) is 8.97. The lowest BCUT2D eigenvalue weighted by Crippen LogP contribution is -2.41. The van der Waals surface area contributed by atoms with E-state index in [9.17, 15) is 14.4 Å². The van der Waals surface area contributed by atoms with Crippen LogP contribution in [0.2, 0.25) is 5.02 Å². The predicted octanol–water partition coefficient (Wildman–Crippen LogP) is 2.12. The number of hydrogen-bond donors (Lipinski definition) is 2. The Morgan fingerprint density at radius 3 is 2.71 bits per heavy atom. The molecule has 0 fully saturated rings. The molecule has 0 radical (unpaired) electrons. The molecule has 21 heavy (non-hydrogen) atoms. The zero-order chi connectivity index (χ0) is 15.7. The molecular weight excluding hydrogens is 296 g/mol. The number of benzene rings is 1. The third-order valence-corrected chi connectivity index (χ3v) is 2.70. The highest BCUT2D eigenvalue weighted by atomic mass is 35.5. The molecule has 0 heterocycles. The molecule has 0 atom stereocenters. The number of hydrogen-bond acceptors (Lipinski definition) is 4. The first-order valence-corrected chi connectivity index (χ1v) is 6.91. The van der Waals surface area contributed by atoms with Crippen molar-refractivity contribution in [3.8, 4) is 0 Å². The van der Waals surface area contributed by atoms with E-state index in [-0.39, 0.29) is 5.56 Å². The number of carbonyl (C=O) groups excluding carboxylic acids is 3. The lowest BCUT2D eigenvalue weighted by atomic mass is 10.2. The zero-order valence-corrected chi connectivity index (χ0v) is 12.4. The molecule has 0 unspecified atom stereocenters. The molecule has 1 aromatic carbocycles. The number of unbranched alkanes of at least 4 members (excludes halogenated alkanes) is 1. The van der Waals surface area contributed by atoms with Gasteiger partial charge in [-0.1, -0.05) is 31.0 Å². The number of urea groups is 1. The van der Waals surface area contributed by atoms with Gasteiger partial charge in [-0.3, -0.25) is 10.1 Å². The minimum absolute atomic E-state index is 0.239. The number of nitrogens with one attached hydrogen (secondary N) is 2. The van der Waals surface area contributed by atoms with Crippen molar-refractivity contribution in [1.29, 1.82) is 0 Å². The first kappa shape index (κ1) is 17.0. The molecule has 7 heteroatoms. The van der Waals surface area contributed by atoms with Crippen LogP contribution in [0.25, 0.3) is 0 Å². The van der Waals surface area contributed by atoms with Gasteiger partial charge in [0, 0.05) is 11.6 Å². The maximum atomic E-state index is 11.6. The lowest BCUT2D eigenvalue weighted by Gasteiger charge is -2.07. The summed E-state index contributed by atoms with van der Waals surface area (Å²) in [7, 11) is 0. The normalized spacial score (nSPS) is 9.81. The second-order valence-corrected chi connectivity index (χ2v) is 4.68. The maximum absolute atomic E-state index is 11.6. The van der Waals surface area contributed by atoms with Crippen LogP contribution < -0.4 is 10.6 Å². The molecule has 0 saturated heterocycles. The van der Waals surface area contributed by atoms with Crippen LogP contribution >= 0.6 is 11.6 Å². The highest BCUT2D eigenvalue weighted by Gasteiger charge is 2.12. The predicted molar refractivity (Wildman–Crippen MR) is 78.2 cm³/mol. The van der Waals surface area contributed by atoms with E-state index in [2.05, 4.69) is 10.6 Å².